The molecule has 2 unspecified atom stereocenters. The molecule has 2 heterocycles. The van der Waals surface area contributed by atoms with Crippen molar-refractivity contribution >= 4 is 11.7 Å². The third-order valence-electron chi connectivity index (χ3n) is 3.37. The van der Waals surface area contributed by atoms with Crippen molar-refractivity contribution in [2.24, 2.45) is 11.8 Å². The van der Waals surface area contributed by atoms with Crippen molar-refractivity contribution in [1.82, 2.24) is 14.9 Å². The van der Waals surface area contributed by atoms with Gasteiger partial charge in [0.1, 0.15) is 11.5 Å². The van der Waals surface area contributed by atoms with Gasteiger partial charge in [-0.1, -0.05) is 13.8 Å². The SMILES string of the molecule is CCNc1cncc(C(=O)N2CC(C)CC(C)C2)n1. The normalized spacial score (nSPS) is 23.2. The van der Waals surface area contributed by atoms with Gasteiger partial charge >= 0.3 is 0 Å². The van der Waals surface area contributed by atoms with E-state index in [1.54, 1.807) is 12.4 Å². The van der Waals surface area contributed by atoms with Gasteiger partial charge in [-0.25, -0.2) is 4.98 Å². The largest absolute Gasteiger partial charge is 0.369 e. The van der Waals surface area contributed by atoms with E-state index in [4.69, 9.17) is 0 Å². The minimum atomic E-state index is -0.00865. The Balaban J connectivity index is 2.12. The fourth-order valence-electron chi connectivity index (χ4n) is 2.73. The van der Waals surface area contributed by atoms with E-state index in [2.05, 4.69) is 29.1 Å². The molecule has 0 aliphatic carbocycles. The molecule has 5 nitrogen and oxygen atoms in total. The van der Waals surface area contributed by atoms with Gasteiger partial charge in [0.05, 0.1) is 12.4 Å². The highest BCUT2D eigenvalue weighted by molar-refractivity contribution is 5.92. The molecule has 1 fully saturated rings. The highest BCUT2D eigenvalue weighted by Gasteiger charge is 2.26. The molecule has 1 aromatic rings. The Hall–Kier alpha value is -1.65. The summed E-state index contributed by atoms with van der Waals surface area (Å²) in [4.78, 5) is 22.8. The summed E-state index contributed by atoms with van der Waals surface area (Å²) in [5.74, 6) is 1.76. The number of hydrogen-bond acceptors (Lipinski definition) is 4. The lowest BCUT2D eigenvalue weighted by atomic mass is 9.92. The highest BCUT2D eigenvalue weighted by Crippen LogP contribution is 2.22. The number of nitrogens with zero attached hydrogens (tertiary/aromatic N) is 3. The number of anilines is 1. The summed E-state index contributed by atoms with van der Waals surface area (Å²) >= 11 is 0. The molecule has 19 heavy (non-hydrogen) atoms. The lowest BCUT2D eigenvalue weighted by Gasteiger charge is -2.34. The standard InChI is InChI=1S/C14H22N4O/c1-4-16-13-7-15-6-12(17-13)14(19)18-8-10(2)5-11(3)9-18/h6-7,10-11H,4-5,8-9H2,1-3H3,(H,16,17). The van der Waals surface area contributed by atoms with Crippen molar-refractivity contribution in [2.75, 3.05) is 25.0 Å². The zero-order valence-corrected chi connectivity index (χ0v) is 11.9. The van der Waals surface area contributed by atoms with Gasteiger partial charge in [0, 0.05) is 19.6 Å². The Bertz CT molecular complexity index is 439. The number of hydrogen-bond donors (Lipinski definition) is 1. The Morgan fingerprint density at radius 2 is 2.05 bits per heavy atom. The number of amides is 1. The van der Waals surface area contributed by atoms with Crippen LogP contribution in [0.4, 0.5) is 5.82 Å². The van der Waals surface area contributed by atoms with Gasteiger partial charge < -0.3 is 10.2 Å². The van der Waals surface area contributed by atoms with Gasteiger partial charge in [-0.3, -0.25) is 9.78 Å². The first-order valence-corrected chi connectivity index (χ1v) is 6.95. The quantitative estimate of drug-likeness (QED) is 0.905. The number of likely N-dealkylation sites (tertiary alicyclic amines) is 1. The van der Waals surface area contributed by atoms with Crippen LogP contribution in [0.3, 0.4) is 0 Å². The minimum absolute atomic E-state index is 0.00865. The van der Waals surface area contributed by atoms with Crippen molar-refractivity contribution in [3.8, 4) is 0 Å². The second-order valence-electron chi connectivity index (χ2n) is 5.48. The summed E-state index contributed by atoms with van der Waals surface area (Å²) in [5.41, 5.74) is 0.430. The summed E-state index contributed by atoms with van der Waals surface area (Å²) in [6.07, 6.45) is 4.38. The molecule has 2 atom stereocenters. The van der Waals surface area contributed by atoms with Gasteiger partial charge in [-0.15, -0.1) is 0 Å². The van der Waals surface area contributed by atoms with Crippen molar-refractivity contribution in [2.45, 2.75) is 27.2 Å². The predicted octanol–water partition coefficient (Wildman–Crippen LogP) is 2.03. The molecule has 1 aliphatic heterocycles. The number of piperidine rings is 1. The van der Waals surface area contributed by atoms with Crippen molar-refractivity contribution in [1.29, 1.82) is 0 Å². The van der Waals surface area contributed by atoms with Crippen LogP contribution >= 0.6 is 0 Å². The maximum Gasteiger partial charge on any atom is 0.274 e. The molecule has 0 bridgehead atoms. The molecule has 1 aliphatic rings. The van der Waals surface area contributed by atoms with Crippen LogP contribution in [0.1, 0.15) is 37.7 Å². The minimum Gasteiger partial charge on any atom is -0.369 e. The number of carbonyl (C=O) groups excluding carboxylic acids is 1. The van der Waals surface area contributed by atoms with Crippen LogP contribution in [0.25, 0.3) is 0 Å². The van der Waals surface area contributed by atoms with Gasteiger partial charge in [0.25, 0.3) is 5.91 Å². The first-order valence-electron chi connectivity index (χ1n) is 6.95. The molecular formula is C14H22N4O. The Morgan fingerprint density at radius 1 is 1.37 bits per heavy atom. The van der Waals surface area contributed by atoms with E-state index in [0.29, 0.717) is 23.3 Å². The maximum absolute atomic E-state index is 12.4. The fourth-order valence-corrected chi connectivity index (χ4v) is 2.73. The third-order valence-corrected chi connectivity index (χ3v) is 3.37. The molecule has 0 aromatic carbocycles. The number of aromatic nitrogens is 2. The molecule has 104 valence electrons. The maximum atomic E-state index is 12.4. The van der Waals surface area contributed by atoms with Crippen LogP contribution in [0.2, 0.25) is 0 Å². The van der Waals surface area contributed by atoms with E-state index in [9.17, 15) is 4.79 Å². The molecule has 1 aromatic heterocycles. The second-order valence-corrected chi connectivity index (χ2v) is 5.48. The average Bonchev–Trinajstić information content (AvgIpc) is 2.37. The van der Waals surface area contributed by atoms with E-state index in [1.807, 2.05) is 11.8 Å². The lowest BCUT2D eigenvalue weighted by Crippen LogP contribution is -2.42. The Morgan fingerprint density at radius 3 is 2.68 bits per heavy atom. The number of nitrogens with one attached hydrogen (secondary N) is 1. The third kappa shape index (κ3) is 3.43. The summed E-state index contributed by atoms with van der Waals surface area (Å²) in [5, 5.41) is 3.08. The highest BCUT2D eigenvalue weighted by atomic mass is 16.2. The van der Waals surface area contributed by atoms with Crippen LogP contribution in [0, 0.1) is 11.8 Å². The molecule has 0 radical (unpaired) electrons. The second kappa shape index (κ2) is 5.99. The molecular weight excluding hydrogens is 240 g/mol. The van der Waals surface area contributed by atoms with Crippen molar-refractivity contribution in [3.63, 3.8) is 0 Å². The van der Waals surface area contributed by atoms with E-state index in [-0.39, 0.29) is 5.91 Å². The molecule has 2 rings (SSSR count). The predicted molar refractivity (Wildman–Crippen MR) is 75.0 cm³/mol. The summed E-state index contributed by atoms with van der Waals surface area (Å²) in [7, 11) is 0. The van der Waals surface area contributed by atoms with Crippen molar-refractivity contribution in [3.05, 3.63) is 18.1 Å². The molecule has 1 saturated heterocycles. The van der Waals surface area contributed by atoms with Gasteiger partial charge in [-0.05, 0) is 25.2 Å². The van der Waals surface area contributed by atoms with E-state index in [0.717, 1.165) is 19.6 Å². The Kier molecular flexibility index (Phi) is 4.35. The first kappa shape index (κ1) is 13.8. The lowest BCUT2D eigenvalue weighted by molar-refractivity contribution is 0.0617. The van der Waals surface area contributed by atoms with E-state index in [1.165, 1.54) is 6.42 Å². The van der Waals surface area contributed by atoms with Crippen LogP contribution < -0.4 is 5.32 Å². The average molecular weight is 262 g/mol. The molecule has 1 N–H and O–H groups in total. The van der Waals surface area contributed by atoms with Crippen LogP contribution in [0.5, 0.6) is 0 Å². The zero-order valence-electron chi connectivity index (χ0n) is 11.9. The van der Waals surface area contributed by atoms with Gasteiger partial charge in [0.2, 0.25) is 0 Å². The summed E-state index contributed by atoms with van der Waals surface area (Å²) < 4.78 is 0. The number of rotatable bonds is 3. The number of carbonyl (C=O) groups is 1. The monoisotopic (exact) mass is 262 g/mol. The Labute approximate surface area is 114 Å². The first-order chi connectivity index (χ1) is 9.10. The molecule has 1 amide bonds. The van der Waals surface area contributed by atoms with Crippen LogP contribution in [0.15, 0.2) is 12.4 Å². The van der Waals surface area contributed by atoms with Gasteiger partial charge in [-0.2, -0.15) is 0 Å². The van der Waals surface area contributed by atoms with Crippen LogP contribution in [-0.4, -0.2) is 40.4 Å². The summed E-state index contributed by atoms with van der Waals surface area (Å²) in [6, 6.07) is 0. The van der Waals surface area contributed by atoms with E-state index < -0.39 is 0 Å². The molecule has 5 heteroatoms. The van der Waals surface area contributed by atoms with E-state index >= 15 is 0 Å². The zero-order chi connectivity index (χ0) is 13.8. The molecule has 0 saturated carbocycles. The smallest absolute Gasteiger partial charge is 0.274 e. The summed E-state index contributed by atoms with van der Waals surface area (Å²) in [6.45, 7) is 8.77. The molecule has 0 spiro atoms. The topological polar surface area (TPSA) is 58.1 Å². The fraction of sp³-hybridized carbons (Fsp3) is 0.643. The van der Waals surface area contributed by atoms with Gasteiger partial charge in [0.15, 0.2) is 0 Å². The van der Waals surface area contributed by atoms with Crippen molar-refractivity contribution < 1.29 is 4.79 Å². The van der Waals surface area contributed by atoms with Crippen LogP contribution in [-0.2, 0) is 0 Å².